The van der Waals surface area contributed by atoms with E-state index in [2.05, 4.69) is 45.3 Å². The Balaban J connectivity index is 1.74. The Bertz CT molecular complexity index is 503. The molecule has 2 aromatic rings. The average molecular weight is 278 g/mol. The van der Waals surface area contributed by atoms with Crippen LogP contribution in [0, 0.1) is 6.92 Å². The molecule has 0 aliphatic rings. The molecular weight excluding hydrogens is 256 g/mol. The summed E-state index contributed by atoms with van der Waals surface area (Å²) < 4.78 is 2.23. The molecule has 1 atom stereocenters. The molecule has 0 amide bonds. The molecule has 0 aromatic carbocycles. The van der Waals surface area contributed by atoms with E-state index in [4.69, 9.17) is 0 Å². The third-order valence-corrected chi connectivity index (χ3v) is 4.11. The highest BCUT2D eigenvalue weighted by Gasteiger charge is 2.06. The first-order valence-corrected chi connectivity index (χ1v) is 7.71. The molecule has 0 bridgehead atoms. The Morgan fingerprint density at radius 3 is 3.00 bits per heavy atom. The highest BCUT2D eigenvalue weighted by atomic mass is 32.1. The molecule has 2 rings (SSSR count). The quantitative estimate of drug-likeness (QED) is 0.846. The van der Waals surface area contributed by atoms with Crippen LogP contribution >= 0.6 is 11.3 Å². The van der Waals surface area contributed by atoms with Crippen LogP contribution in [0.1, 0.15) is 30.4 Å². The van der Waals surface area contributed by atoms with Crippen LogP contribution < -0.4 is 5.32 Å². The average Bonchev–Trinajstić information content (AvgIpc) is 2.98. The van der Waals surface area contributed by atoms with E-state index < -0.39 is 0 Å². The Hall–Kier alpha value is -1.20. The monoisotopic (exact) mass is 278 g/mol. The van der Waals surface area contributed by atoms with Crippen LogP contribution in [0.15, 0.2) is 17.8 Å². The number of imidazole rings is 1. The SMILES string of the molecule is CCc1nccn1C[C@@H](C)NCCc1nc(C)cs1. The number of hydrogen-bond acceptors (Lipinski definition) is 4. The molecule has 1 N–H and O–H groups in total. The van der Waals surface area contributed by atoms with Crippen molar-refractivity contribution >= 4 is 11.3 Å². The van der Waals surface area contributed by atoms with Gasteiger partial charge in [-0.3, -0.25) is 0 Å². The van der Waals surface area contributed by atoms with Crippen molar-refractivity contribution in [2.75, 3.05) is 6.54 Å². The molecule has 5 heteroatoms. The van der Waals surface area contributed by atoms with E-state index in [1.807, 2.05) is 13.1 Å². The molecular formula is C14H22N4S. The third kappa shape index (κ3) is 4.14. The van der Waals surface area contributed by atoms with Crippen LogP contribution in [0.25, 0.3) is 0 Å². The van der Waals surface area contributed by atoms with Gasteiger partial charge in [0.2, 0.25) is 0 Å². The fourth-order valence-corrected chi connectivity index (χ4v) is 2.90. The van der Waals surface area contributed by atoms with Crippen molar-refractivity contribution in [2.24, 2.45) is 0 Å². The van der Waals surface area contributed by atoms with E-state index in [9.17, 15) is 0 Å². The third-order valence-electron chi connectivity index (χ3n) is 3.09. The second-order valence-electron chi connectivity index (χ2n) is 4.84. The zero-order valence-corrected chi connectivity index (χ0v) is 12.7. The van der Waals surface area contributed by atoms with Gasteiger partial charge in [-0.15, -0.1) is 11.3 Å². The van der Waals surface area contributed by atoms with Crippen LogP contribution in [0.3, 0.4) is 0 Å². The van der Waals surface area contributed by atoms with Crippen molar-refractivity contribution in [2.45, 2.75) is 46.2 Å². The summed E-state index contributed by atoms with van der Waals surface area (Å²) in [5, 5.41) is 6.87. The Morgan fingerprint density at radius 1 is 1.47 bits per heavy atom. The summed E-state index contributed by atoms with van der Waals surface area (Å²) >= 11 is 1.75. The number of hydrogen-bond donors (Lipinski definition) is 1. The summed E-state index contributed by atoms with van der Waals surface area (Å²) in [5.74, 6) is 1.16. The zero-order chi connectivity index (χ0) is 13.7. The van der Waals surface area contributed by atoms with Gasteiger partial charge in [-0.05, 0) is 13.8 Å². The van der Waals surface area contributed by atoms with E-state index in [-0.39, 0.29) is 0 Å². The summed E-state index contributed by atoms with van der Waals surface area (Å²) in [6.45, 7) is 8.35. The molecule has 0 fully saturated rings. The number of rotatable bonds is 7. The van der Waals surface area contributed by atoms with E-state index in [0.29, 0.717) is 6.04 Å². The minimum absolute atomic E-state index is 0.445. The van der Waals surface area contributed by atoms with Crippen LogP contribution in [0.5, 0.6) is 0 Å². The molecule has 19 heavy (non-hydrogen) atoms. The normalized spacial score (nSPS) is 12.8. The van der Waals surface area contributed by atoms with Crippen molar-refractivity contribution in [3.63, 3.8) is 0 Å². The molecule has 0 unspecified atom stereocenters. The second-order valence-corrected chi connectivity index (χ2v) is 5.78. The Kier molecular flexibility index (Phi) is 5.10. The molecule has 0 aliphatic carbocycles. The Morgan fingerprint density at radius 2 is 2.32 bits per heavy atom. The summed E-state index contributed by atoms with van der Waals surface area (Å²) in [6, 6.07) is 0.445. The van der Waals surface area contributed by atoms with Crippen molar-refractivity contribution in [3.05, 3.63) is 34.3 Å². The molecule has 0 aliphatic heterocycles. The van der Waals surface area contributed by atoms with Crippen molar-refractivity contribution < 1.29 is 0 Å². The first-order valence-electron chi connectivity index (χ1n) is 6.83. The summed E-state index contributed by atoms with van der Waals surface area (Å²) in [4.78, 5) is 8.82. The predicted molar refractivity (Wildman–Crippen MR) is 79.6 cm³/mol. The maximum absolute atomic E-state index is 4.47. The van der Waals surface area contributed by atoms with Gasteiger partial charge in [-0.2, -0.15) is 0 Å². The van der Waals surface area contributed by atoms with Gasteiger partial charge >= 0.3 is 0 Å². The summed E-state index contributed by atoms with van der Waals surface area (Å²) in [7, 11) is 0. The molecule has 0 spiro atoms. The smallest absolute Gasteiger partial charge is 0.108 e. The first-order chi connectivity index (χ1) is 9.19. The highest BCUT2D eigenvalue weighted by molar-refractivity contribution is 7.09. The van der Waals surface area contributed by atoms with Crippen molar-refractivity contribution in [3.8, 4) is 0 Å². The maximum Gasteiger partial charge on any atom is 0.108 e. The molecule has 2 aromatic heterocycles. The lowest BCUT2D eigenvalue weighted by atomic mass is 10.3. The van der Waals surface area contributed by atoms with Gasteiger partial charge in [-0.25, -0.2) is 9.97 Å². The lowest BCUT2D eigenvalue weighted by molar-refractivity contribution is 0.471. The van der Waals surface area contributed by atoms with Crippen LogP contribution in [0.4, 0.5) is 0 Å². The van der Waals surface area contributed by atoms with E-state index in [0.717, 1.165) is 37.4 Å². The summed E-state index contributed by atoms with van der Waals surface area (Å²) in [6.07, 6.45) is 5.93. The van der Waals surface area contributed by atoms with Crippen LogP contribution in [-0.2, 0) is 19.4 Å². The molecule has 2 heterocycles. The lowest BCUT2D eigenvalue weighted by Crippen LogP contribution is -2.32. The van der Waals surface area contributed by atoms with Crippen molar-refractivity contribution in [1.82, 2.24) is 19.9 Å². The molecule has 0 saturated carbocycles. The largest absolute Gasteiger partial charge is 0.333 e. The van der Waals surface area contributed by atoms with Crippen LogP contribution in [0.2, 0.25) is 0 Å². The van der Waals surface area contributed by atoms with Gasteiger partial charge in [0.15, 0.2) is 0 Å². The van der Waals surface area contributed by atoms with Gasteiger partial charge in [0, 0.05) is 55.4 Å². The second kappa shape index (κ2) is 6.82. The highest BCUT2D eigenvalue weighted by Crippen LogP contribution is 2.08. The van der Waals surface area contributed by atoms with E-state index in [1.54, 1.807) is 11.3 Å². The summed E-state index contributed by atoms with van der Waals surface area (Å²) in [5.41, 5.74) is 1.12. The number of aryl methyl sites for hydroxylation is 2. The number of aromatic nitrogens is 3. The standard InChI is InChI=1S/C14H22N4S/c1-4-13-16-7-8-18(13)9-11(2)15-6-5-14-17-12(3)10-19-14/h7-8,10-11,15H,4-6,9H2,1-3H3/t11-/m1/s1. The van der Waals surface area contributed by atoms with Gasteiger partial charge < -0.3 is 9.88 Å². The number of thiazole rings is 1. The Labute approximate surface area is 118 Å². The van der Waals surface area contributed by atoms with E-state index in [1.165, 1.54) is 5.01 Å². The molecule has 104 valence electrons. The first kappa shape index (κ1) is 14.2. The molecule has 4 nitrogen and oxygen atoms in total. The molecule has 0 radical (unpaired) electrons. The fraction of sp³-hybridized carbons (Fsp3) is 0.571. The van der Waals surface area contributed by atoms with Crippen molar-refractivity contribution in [1.29, 1.82) is 0 Å². The lowest BCUT2D eigenvalue weighted by Gasteiger charge is -2.15. The topological polar surface area (TPSA) is 42.7 Å². The molecule has 0 saturated heterocycles. The number of nitrogens with zero attached hydrogens (tertiary/aromatic N) is 3. The minimum atomic E-state index is 0.445. The minimum Gasteiger partial charge on any atom is -0.333 e. The zero-order valence-electron chi connectivity index (χ0n) is 11.9. The van der Waals surface area contributed by atoms with E-state index >= 15 is 0 Å². The maximum atomic E-state index is 4.47. The van der Waals surface area contributed by atoms with Crippen LogP contribution in [-0.4, -0.2) is 27.1 Å². The predicted octanol–water partition coefficient (Wildman–Crippen LogP) is 2.43. The number of nitrogens with one attached hydrogen (secondary N) is 1. The van der Waals surface area contributed by atoms with Gasteiger partial charge in [0.05, 0.1) is 5.01 Å². The fourth-order valence-electron chi connectivity index (χ4n) is 2.12. The van der Waals surface area contributed by atoms with Gasteiger partial charge in [0.1, 0.15) is 5.82 Å². The van der Waals surface area contributed by atoms with Gasteiger partial charge in [-0.1, -0.05) is 6.92 Å². The van der Waals surface area contributed by atoms with Gasteiger partial charge in [0.25, 0.3) is 0 Å².